The third kappa shape index (κ3) is 2.91. The predicted molar refractivity (Wildman–Crippen MR) is 68.9 cm³/mol. The number of carbonyl (C=O) groups is 1. The molecule has 4 N–H and O–H groups in total. The molecule has 5 heteroatoms. The van der Waals surface area contributed by atoms with Gasteiger partial charge >= 0.3 is 6.03 Å². The van der Waals surface area contributed by atoms with E-state index < -0.39 is 6.03 Å². The standard InChI is InChI=1S/C13H12N2O3/c16-10-5-3-4-9(8-10)14-13(18)15-11-6-1-2-7-12(11)17/h1-8,16-17H,(H2,14,15,18). The maximum atomic E-state index is 11.6. The topological polar surface area (TPSA) is 81.6 Å². The molecule has 0 atom stereocenters. The van der Waals surface area contributed by atoms with Crippen LogP contribution in [0.1, 0.15) is 0 Å². The minimum absolute atomic E-state index is 0.0106. The van der Waals surface area contributed by atoms with Crippen LogP contribution in [0.5, 0.6) is 11.5 Å². The lowest BCUT2D eigenvalue weighted by atomic mass is 10.3. The third-order valence-corrected chi connectivity index (χ3v) is 2.26. The van der Waals surface area contributed by atoms with E-state index in [0.29, 0.717) is 11.4 Å². The average molecular weight is 244 g/mol. The van der Waals surface area contributed by atoms with Crippen LogP contribution in [0.4, 0.5) is 16.2 Å². The van der Waals surface area contributed by atoms with Crippen LogP contribution >= 0.6 is 0 Å². The molecule has 92 valence electrons. The summed E-state index contributed by atoms with van der Waals surface area (Å²) >= 11 is 0. The van der Waals surface area contributed by atoms with Crippen molar-refractivity contribution in [2.75, 3.05) is 10.6 Å². The number of urea groups is 1. The van der Waals surface area contributed by atoms with Crippen LogP contribution in [0, 0.1) is 0 Å². The first-order valence-electron chi connectivity index (χ1n) is 5.30. The molecule has 0 fully saturated rings. The van der Waals surface area contributed by atoms with E-state index in [4.69, 9.17) is 0 Å². The molecule has 0 radical (unpaired) electrons. The van der Waals surface area contributed by atoms with Crippen molar-refractivity contribution in [1.82, 2.24) is 0 Å². The van der Waals surface area contributed by atoms with Crippen molar-refractivity contribution in [3.63, 3.8) is 0 Å². The zero-order chi connectivity index (χ0) is 13.0. The lowest BCUT2D eigenvalue weighted by Crippen LogP contribution is -2.19. The molecule has 0 saturated carbocycles. The first kappa shape index (κ1) is 11.8. The summed E-state index contributed by atoms with van der Waals surface area (Å²) in [6, 6.07) is 12.1. The second kappa shape index (κ2) is 5.09. The van der Waals surface area contributed by atoms with E-state index in [2.05, 4.69) is 10.6 Å². The molecule has 0 heterocycles. The first-order chi connectivity index (χ1) is 8.65. The highest BCUT2D eigenvalue weighted by molar-refractivity contribution is 6.00. The molecule has 2 rings (SSSR count). The van der Waals surface area contributed by atoms with Gasteiger partial charge in [-0.2, -0.15) is 0 Å². The molecule has 5 nitrogen and oxygen atoms in total. The molecule has 0 aliphatic rings. The van der Waals surface area contributed by atoms with Crippen LogP contribution in [0.3, 0.4) is 0 Å². The van der Waals surface area contributed by atoms with Gasteiger partial charge in [0.2, 0.25) is 0 Å². The Kier molecular flexibility index (Phi) is 3.33. The Balaban J connectivity index is 2.03. The Morgan fingerprint density at radius 2 is 1.72 bits per heavy atom. The van der Waals surface area contributed by atoms with Crippen LogP contribution in [0.2, 0.25) is 0 Å². The van der Waals surface area contributed by atoms with Gasteiger partial charge in [0.05, 0.1) is 5.69 Å². The molecule has 0 aliphatic heterocycles. The van der Waals surface area contributed by atoms with Crippen molar-refractivity contribution >= 4 is 17.4 Å². The fraction of sp³-hybridized carbons (Fsp3) is 0. The highest BCUT2D eigenvalue weighted by Gasteiger charge is 2.05. The largest absolute Gasteiger partial charge is 0.508 e. The first-order valence-corrected chi connectivity index (χ1v) is 5.30. The summed E-state index contributed by atoms with van der Waals surface area (Å²) in [5.41, 5.74) is 0.776. The molecule has 0 aromatic heterocycles. The number of carbonyl (C=O) groups excluding carboxylic acids is 1. The van der Waals surface area contributed by atoms with Crippen molar-refractivity contribution < 1.29 is 15.0 Å². The Labute approximate surface area is 104 Å². The summed E-state index contributed by atoms with van der Waals surface area (Å²) in [6.45, 7) is 0. The number of hydrogen-bond donors (Lipinski definition) is 4. The third-order valence-electron chi connectivity index (χ3n) is 2.26. The Morgan fingerprint density at radius 1 is 0.944 bits per heavy atom. The normalized spacial score (nSPS) is 9.78. The molecule has 0 bridgehead atoms. The Morgan fingerprint density at radius 3 is 2.44 bits per heavy atom. The van der Waals surface area contributed by atoms with E-state index in [0.717, 1.165) is 0 Å². The number of para-hydroxylation sites is 2. The lowest BCUT2D eigenvalue weighted by molar-refractivity contribution is 0.262. The fourth-order valence-corrected chi connectivity index (χ4v) is 1.45. The summed E-state index contributed by atoms with van der Waals surface area (Å²) in [4.78, 5) is 11.6. The zero-order valence-corrected chi connectivity index (χ0v) is 9.42. The zero-order valence-electron chi connectivity index (χ0n) is 9.42. The van der Waals surface area contributed by atoms with Crippen molar-refractivity contribution in [2.45, 2.75) is 0 Å². The van der Waals surface area contributed by atoms with Gasteiger partial charge in [-0.1, -0.05) is 18.2 Å². The SMILES string of the molecule is O=C(Nc1cccc(O)c1)Nc1ccccc1O. The van der Waals surface area contributed by atoms with Crippen molar-refractivity contribution in [2.24, 2.45) is 0 Å². The summed E-state index contributed by atoms with van der Waals surface area (Å²) in [6.07, 6.45) is 0. The van der Waals surface area contributed by atoms with Crippen LogP contribution in [-0.2, 0) is 0 Å². The minimum atomic E-state index is -0.498. The van der Waals surface area contributed by atoms with E-state index in [-0.39, 0.29) is 11.5 Å². The molecular formula is C13H12N2O3. The average Bonchev–Trinajstić information content (AvgIpc) is 2.32. The molecule has 2 aromatic rings. The van der Waals surface area contributed by atoms with Gasteiger partial charge in [0, 0.05) is 11.8 Å². The Hall–Kier alpha value is -2.69. The van der Waals surface area contributed by atoms with E-state index in [1.54, 1.807) is 30.3 Å². The highest BCUT2D eigenvalue weighted by atomic mass is 16.3. The van der Waals surface area contributed by atoms with Crippen LogP contribution in [-0.4, -0.2) is 16.2 Å². The quantitative estimate of drug-likeness (QED) is 0.613. The van der Waals surface area contributed by atoms with Gasteiger partial charge in [-0.25, -0.2) is 4.79 Å². The summed E-state index contributed by atoms with van der Waals surface area (Å²) in [5, 5.41) is 23.8. The van der Waals surface area contributed by atoms with Crippen LogP contribution in [0.25, 0.3) is 0 Å². The van der Waals surface area contributed by atoms with Crippen molar-refractivity contribution in [1.29, 1.82) is 0 Å². The number of hydrogen-bond acceptors (Lipinski definition) is 3. The highest BCUT2D eigenvalue weighted by Crippen LogP contribution is 2.22. The number of amides is 2. The smallest absolute Gasteiger partial charge is 0.323 e. The molecule has 0 spiro atoms. The van der Waals surface area contributed by atoms with Gasteiger partial charge in [-0.3, -0.25) is 0 Å². The molecule has 0 unspecified atom stereocenters. The number of phenols is 2. The molecule has 0 saturated heterocycles. The molecule has 2 amide bonds. The van der Waals surface area contributed by atoms with E-state index in [1.807, 2.05) is 0 Å². The minimum Gasteiger partial charge on any atom is -0.508 e. The van der Waals surface area contributed by atoms with Crippen molar-refractivity contribution in [3.8, 4) is 11.5 Å². The van der Waals surface area contributed by atoms with E-state index in [1.165, 1.54) is 18.2 Å². The molecule has 18 heavy (non-hydrogen) atoms. The second-order valence-corrected chi connectivity index (χ2v) is 3.65. The monoisotopic (exact) mass is 244 g/mol. The summed E-state index contributed by atoms with van der Waals surface area (Å²) < 4.78 is 0. The number of phenolic OH excluding ortho intramolecular Hbond substituents is 2. The number of aromatic hydroxyl groups is 2. The lowest BCUT2D eigenvalue weighted by Gasteiger charge is -2.08. The molecular weight excluding hydrogens is 232 g/mol. The van der Waals surface area contributed by atoms with Gasteiger partial charge in [-0.15, -0.1) is 0 Å². The second-order valence-electron chi connectivity index (χ2n) is 3.65. The summed E-state index contributed by atoms with van der Waals surface area (Å²) in [7, 11) is 0. The maximum absolute atomic E-state index is 11.6. The van der Waals surface area contributed by atoms with Gasteiger partial charge in [0.15, 0.2) is 0 Å². The molecule has 0 aliphatic carbocycles. The van der Waals surface area contributed by atoms with Gasteiger partial charge in [0.25, 0.3) is 0 Å². The number of rotatable bonds is 2. The van der Waals surface area contributed by atoms with Gasteiger partial charge in [-0.05, 0) is 24.3 Å². The van der Waals surface area contributed by atoms with Crippen LogP contribution in [0.15, 0.2) is 48.5 Å². The van der Waals surface area contributed by atoms with E-state index >= 15 is 0 Å². The Bertz CT molecular complexity index is 570. The summed E-state index contributed by atoms with van der Waals surface area (Å²) in [5.74, 6) is 0.0546. The van der Waals surface area contributed by atoms with E-state index in [9.17, 15) is 15.0 Å². The van der Waals surface area contributed by atoms with Crippen LogP contribution < -0.4 is 10.6 Å². The van der Waals surface area contributed by atoms with Crippen molar-refractivity contribution in [3.05, 3.63) is 48.5 Å². The predicted octanol–water partition coefficient (Wildman–Crippen LogP) is 2.74. The number of benzene rings is 2. The van der Waals surface area contributed by atoms with Gasteiger partial charge in [0.1, 0.15) is 11.5 Å². The number of anilines is 2. The number of nitrogens with one attached hydrogen (secondary N) is 2. The maximum Gasteiger partial charge on any atom is 0.323 e. The molecule has 2 aromatic carbocycles. The fourth-order valence-electron chi connectivity index (χ4n) is 1.45. The van der Waals surface area contributed by atoms with Gasteiger partial charge < -0.3 is 20.8 Å².